The average Bonchev–Trinajstić information content (AvgIpc) is 2.31. The zero-order valence-electron chi connectivity index (χ0n) is 11.5. The van der Waals surface area contributed by atoms with Crippen LogP contribution >= 0.6 is 0 Å². The minimum absolute atomic E-state index is 0.188. The molecule has 3 heteroatoms. The van der Waals surface area contributed by atoms with Gasteiger partial charge >= 0.3 is 0 Å². The van der Waals surface area contributed by atoms with Gasteiger partial charge in [0.25, 0.3) is 0 Å². The zero-order valence-corrected chi connectivity index (χ0v) is 11.5. The Labute approximate surface area is 101 Å². The second kappa shape index (κ2) is 10.1. The summed E-state index contributed by atoms with van der Waals surface area (Å²) in [5.74, 6) is 0.445. The Balaban J connectivity index is 3.57. The standard InChI is InChI=1S/C13H30N2O/c1-5-12(6-2)13(16)11-14-9-10-15(7-3)8-4/h12-14,16H,5-11H2,1-4H3. The molecule has 0 aliphatic carbocycles. The maximum absolute atomic E-state index is 9.91. The molecule has 0 rings (SSSR count). The molecule has 0 aromatic rings. The van der Waals surface area contributed by atoms with Crippen LogP contribution in [0.5, 0.6) is 0 Å². The quantitative estimate of drug-likeness (QED) is 0.561. The Bertz CT molecular complexity index is 145. The molecule has 1 unspecified atom stereocenters. The molecule has 16 heavy (non-hydrogen) atoms. The molecule has 0 bridgehead atoms. The van der Waals surface area contributed by atoms with E-state index in [1.54, 1.807) is 0 Å². The van der Waals surface area contributed by atoms with Crippen LogP contribution in [-0.4, -0.2) is 48.8 Å². The molecule has 0 radical (unpaired) electrons. The summed E-state index contributed by atoms with van der Waals surface area (Å²) in [6, 6.07) is 0. The lowest BCUT2D eigenvalue weighted by atomic mass is 9.97. The molecule has 3 nitrogen and oxygen atoms in total. The van der Waals surface area contributed by atoms with Crippen LogP contribution in [0, 0.1) is 5.92 Å². The monoisotopic (exact) mass is 230 g/mol. The lowest BCUT2D eigenvalue weighted by Crippen LogP contribution is -2.37. The van der Waals surface area contributed by atoms with E-state index in [0.29, 0.717) is 5.92 Å². The maximum Gasteiger partial charge on any atom is 0.0692 e. The van der Waals surface area contributed by atoms with Crippen molar-refractivity contribution < 1.29 is 5.11 Å². The Morgan fingerprint density at radius 2 is 1.62 bits per heavy atom. The summed E-state index contributed by atoms with van der Waals surface area (Å²) in [6.07, 6.45) is 1.94. The number of likely N-dealkylation sites (N-methyl/N-ethyl adjacent to an activating group) is 1. The largest absolute Gasteiger partial charge is 0.392 e. The van der Waals surface area contributed by atoms with Gasteiger partial charge in [0.2, 0.25) is 0 Å². The maximum atomic E-state index is 9.91. The first-order valence-electron chi connectivity index (χ1n) is 6.80. The number of aliphatic hydroxyl groups excluding tert-OH is 1. The van der Waals surface area contributed by atoms with Crippen LogP contribution in [0.25, 0.3) is 0 Å². The Hall–Kier alpha value is -0.120. The lowest BCUT2D eigenvalue weighted by Gasteiger charge is -2.22. The second-order valence-electron chi connectivity index (χ2n) is 4.37. The minimum atomic E-state index is -0.188. The van der Waals surface area contributed by atoms with Gasteiger partial charge in [-0.05, 0) is 19.0 Å². The number of rotatable bonds is 10. The molecular weight excluding hydrogens is 200 g/mol. The van der Waals surface area contributed by atoms with Gasteiger partial charge in [-0.2, -0.15) is 0 Å². The van der Waals surface area contributed by atoms with Crippen LogP contribution < -0.4 is 5.32 Å². The van der Waals surface area contributed by atoms with Crippen molar-refractivity contribution >= 4 is 0 Å². The summed E-state index contributed by atoms with van der Waals surface area (Å²) >= 11 is 0. The predicted molar refractivity (Wildman–Crippen MR) is 70.7 cm³/mol. The van der Waals surface area contributed by atoms with Gasteiger partial charge in [-0.3, -0.25) is 0 Å². The number of hydrogen-bond donors (Lipinski definition) is 2. The van der Waals surface area contributed by atoms with Crippen LogP contribution in [0.3, 0.4) is 0 Å². The smallest absolute Gasteiger partial charge is 0.0692 e. The van der Waals surface area contributed by atoms with Crippen molar-refractivity contribution in [2.75, 3.05) is 32.7 Å². The first-order chi connectivity index (χ1) is 7.69. The third-order valence-corrected chi connectivity index (χ3v) is 3.45. The van der Waals surface area contributed by atoms with Crippen LogP contribution in [-0.2, 0) is 0 Å². The van der Waals surface area contributed by atoms with Crippen molar-refractivity contribution in [3.05, 3.63) is 0 Å². The third kappa shape index (κ3) is 6.46. The summed E-state index contributed by atoms with van der Waals surface area (Å²) in [5.41, 5.74) is 0. The van der Waals surface area contributed by atoms with E-state index in [9.17, 15) is 5.11 Å². The summed E-state index contributed by atoms with van der Waals surface area (Å²) in [6.45, 7) is 13.6. The van der Waals surface area contributed by atoms with Crippen molar-refractivity contribution in [1.82, 2.24) is 10.2 Å². The van der Waals surface area contributed by atoms with E-state index < -0.39 is 0 Å². The van der Waals surface area contributed by atoms with E-state index in [-0.39, 0.29) is 6.10 Å². The molecule has 0 aliphatic rings. The number of nitrogens with one attached hydrogen (secondary N) is 1. The molecule has 2 N–H and O–H groups in total. The van der Waals surface area contributed by atoms with Gasteiger partial charge in [0.15, 0.2) is 0 Å². The van der Waals surface area contributed by atoms with Crippen LogP contribution in [0.2, 0.25) is 0 Å². The van der Waals surface area contributed by atoms with E-state index in [1.807, 2.05) is 0 Å². The molecular formula is C13H30N2O. The molecule has 1 atom stereocenters. The van der Waals surface area contributed by atoms with E-state index in [1.165, 1.54) is 0 Å². The summed E-state index contributed by atoms with van der Waals surface area (Å²) in [5, 5.41) is 13.3. The van der Waals surface area contributed by atoms with Crippen molar-refractivity contribution in [2.24, 2.45) is 5.92 Å². The molecule has 0 heterocycles. The topological polar surface area (TPSA) is 35.5 Å². The van der Waals surface area contributed by atoms with Crippen molar-refractivity contribution in [3.63, 3.8) is 0 Å². The molecule has 0 amide bonds. The minimum Gasteiger partial charge on any atom is -0.392 e. The molecule has 98 valence electrons. The van der Waals surface area contributed by atoms with Crippen molar-refractivity contribution in [2.45, 2.75) is 46.6 Å². The molecule has 0 aromatic carbocycles. The summed E-state index contributed by atoms with van der Waals surface area (Å²) in [4.78, 5) is 2.39. The highest BCUT2D eigenvalue weighted by Gasteiger charge is 2.14. The Morgan fingerprint density at radius 3 is 2.06 bits per heavy atom. The van der Waals surface area contributed by atoms with Gasteiger partial charge in [-0.25, -0.2) is 0 Å². The molecule has 0 aromatic heterocycles. The highest BCUT2D eigenvalue weighted by molar-refractivity contribution is 4.69. The lowest BCUT2D eigenvalue weighted by molar-refractivity contribution is 0.101. The van der Waals surface area contributed by atoms with Gasteiger partial charge in [0.05, 0.1) is 6.10 Å². The van der Waals surface area contributed by atoms with Crippen LogP contribution in [0.4, 0.5) is 0 Å². The van der Waals surface area contributed by atoms with Gasteiger partial charge in [-0.1, -0.05) is 40.5 Å². The van der Waals surface area contributed by atoms with Gasteiger partial charge < -0.3 is 15.3 Å². The second-order valence-corrected chi connectivity index (χ2v) is 4.37. The van der Waals surface area contributed by atoms with Gasteiger partial charge in [-0.15, -0.1) is 0 Å². The zero-order chi connectivity index (χ0) is 12.4. The fourth-order valence-corrected chi connectivity index (χ4v) is 2.03. The van der Waals surface area contributed by atoms with E-state index in [0.717, 1.165) is 45.6 Å². The highest BCUT2D eigenvalue weighted by Crippen LogP contribution is 2.11. The number of nitrogens with zero attached hydrogens (tertiary/aromatic N) is 1. The van der Waals surface area contributed by atoms with Gasteiger partial charge in [0, 0.05) is 19.6 Å². The molecule has 0 spiro atoms. The van der Waals surface area contributed by atoms with Gasteiger partial charge in [0.1, 0.15) is 0 Å². The Kier molecular flexibility index (Phi) is 9.99. The average molecular weight is 230 g/mol. The fourth-order valence-electron chi connectivity index (χ4n) is 2.03. The molecule has 0 aliphatic heterocycles. The van der Waals surface area contributed by atoms with E-state index in [4.69, 9.17) is 0 Å². The van der Waals surface area contributed by atoms with Crippen molar-refractivity contribution in [3.8, 4) is 0 Å². The highest BCUT2D eigenvalue weighted by atomic mass is 16.3. The number of hydrogen-bond acceptors (Lipinski definition) is 3. The molecule has 0 saturated carbocycles. The molecule has 0 saturated heterocycles. The fraction of sp³-hybridized carbons (Fsp3) is 1.00. The summed E-state index contributed by atoms with van der Waals surface area (Å²) in [7, 11) is 0. The Morgan fingerprint density at radius 1 is 1.06 bits per heavy atom. The van der Waals surface area contributed by atoms with E-state index in [2.05, 4.69) is 37.9 Å². The number of aliphatic hydroxyl groups is 1. The first kappa shape index (κ1) is 15.9. The van der Waals surface area contributed by atoms with Crippen LogP contribution in [0.15, 0.2) is 0 Å². The van der Waals surface area contributed by atoms with Crippen LogP contribution in [0.1, 0.15) is 40.5 Å². The van der Waals surface area contributed by atoms with Crippen molar-refractivity contribution in [1.29, 1.82) is 0 Å². The molecule has 0 fully saturated rings. The van der Waals surface area contributed by atoms with E-state index >= 15 is 0 Å². The first-order valence-corrected chi connectivity index (χ1v) is 6.80. The SMILES string of the molecule is CCC(CC)C(O)CNCCN(CC)CC. The predicted octanol–water partition coefficient (Wildman–Crippen LogP) is 1.71. The third-order valence-electron chi connectivity index (χ3n) is 3.45. The normalized spacial score (nSPS) is 13.7. The summed E-state index contributed by atoms with van der Waals surface area (Å²) < 4.78 is 0.